The molecule has 1 atom stereocenters. The highest BCUT2D eigenvalue weighted by Crippen LogP contribution is 2.32. The molecule has 2 amide bonds. The molecule has 1 aliphatic heterocycles. The second kappa shape index (κ2) is 7.47. The zero-order valence-corrected chi connectivity index (χ0v) is 15.9. The van der Waals surface area contributed by atoms with Crippen LogP contribution in [0.15, 0.2) is 48.7 Å². The van der Waals surface area contributed by atoms with Crippen LogP contribution >= 0.6 is 11.3 Å². The Kier molecular flexibility index (Phi) is 4.87. The number of para-hydroxylation sites is 1. The molecule has 4 rings (SSSR count). The van der Waals surface area contributed by atoms with Crippen LogP contribution in [-0.4, -0.2) is 28.3 Å². The van der Waals surface area contributed by atoms with Crippen LogP contribution in [0, 0.1) is 18.7 Å². The van der Waals surface area contributed by atoms with Gasteiger partial charge in [-0.15, -0.1) is 0 Å². The minimum atomic E-state index is -0.561. The maximum absolute atomic E-state index is 14.0. The number of carbonyl (C=O) groups is 2. The number of thiazole rings is 1. The van der Waals surface area contributed by atoms with E-state index in [2.05, 4.69) is 15.3 Å². The fourth-order valence-electron chi connectivity index (χ4n) is 3.18. The van der Waals surface area contributed by atoms with Crippen LogP contribution in [0.4, 0.5) is 15.2 Å². The van der Waals surface area contributed by atoms with Crippen molar-refractivity contribution < 1.29 is 14.0 Å². The molecule has 3 aromatic rings. The molecule has 1 saturated heterocycles. The lowest BCUT2D eigenvalue weighted by atomic mass is 10.1. The van der Waals surface area contributed by atoms with Crippen molar-refractivity contribution in [2.45, 2.75) is 13.3 Å². The summed E-state index contributed by atoms with van der Waals surface area (Å²) >= 11 is 1.34. The summed E-state index contributed by atoms with van der Waals surface area (Å²) in [6.07, 6.45) is 1.74. The van der Waals surface area contributed by atoms with E-state index >= 15 is 0 Å². The number of rotatable bonds is 4. The molecule has 28 heavy (non-hydrogen) atoms. The van der Waals surface area contributed by atoms with Crippen LogP contribution in [0.3, 0.4) is 0 Å². The van der Waals surface area contributed by atoms with E-state index in [0.29, 0.717) is 5.13 Å². The van der Waals surface area contributed by atoms with Gasteiger partial charge in [-0.05, 0) is 31.2 Å². The van der Waals surface area contributed by atoms with Crippen molar-refractivity contribution in [2.75, 3.05) is 16.8 Å². The number of aromatic nitrogens is 2. The highest BCUT2D eigenvalue weighted by molar-refractivity contribution is 7.19. The number of nitrogens with zero attached hydrogens (tertiary/aromatic N) is 3. The summed E-state index contributed by atoms with van der Waals surface area (Å²) in [4.78, 5) is 35.9. The smallest absolute Gasteiger partial charge is 0.231 e. The average molecular weight is 396 g/mol. The second-order valence-corrected chi connectivity index (χ2v) is 7.49. The summed E-state index contributed by atoms with van der Waals surface area (Å²) < 4.78 is 14.0. The Morgan fingerprint density at radius 3 is 2.79 bits per heavy atom. The quantitative estimate of drug-likeness (QED) is 0.731. The van der Waals surface area contributed by atoms with Gasteiger partial charge in [0.15, 0.2) is 5.13 Å². The first kappa shape index (κ1) is 18.2. The van der Waals surface area contributed by atoms with Gasteiger partial charge in [-0.3, -0.25) is 14.6 Å². The van der Waals surface area contributed by atoms with E-state index in [9.17, 15) is 14.0 Å². The van der Waals surface area contributed by atoms with Crippen molar-refractivity contribution >= 4 is 34.0 Å². The summed E-state index contributed by atoms with van der Waals surface area (Å²) in [5.41, 5.74) is 1.76. The third kappa shape index (κ3) is 3.50. The first-order valence-electron chi connectivity index (χ1n) is 8.77. The van der Waals surface area contributed by atoms with Crippen LogP contribution in [0.1, 0.15) is 12.1 Å². The molecule has 2 aromatic heterocycles. The summed E-state index contributed by atoms with van der Waals surface area (Å²) in [5, 5.41) is 3.25. The van der Waals surface area contributed by atoms with E-state index in [1.54, 1.807) is 18.3 Å². The van der Waals surface area contributed by atoms with Crippen molar-refractivity contribution in [3.05, 3.63) is 60.2 Å². The molecule has 0 radical (unpaired) electrons. The van der Waals surface area contributed by atoms with Crippen molar-refractivity contribution in [3.63, 3.8) is 0 Å². The Morgan fingerprint density at radius 1 is 1.25 bits per heavy atom. The maximum Gasteiger partial charge on any atom is 0.231 e. The lowest BCUT2D eigenvalue weighted by Gasteiger charge is -2.17. The van der Waals surface area contributed by atoms with Gasteiger partial charge in [0, 0.05) is 19.2 Å². The molecule has 8 heteroatoms. The molecular formula is C20H17FN4O2S. The van der Waals surface area contributed by atoms with Gasteiger partial charge in [0.2, 0.25) is 11.8 Å². The average Bonchev–Trinajstić information content (AvgIpc) is 3.25. The molecule has 1 aliphatic rings. The molecule has 1 unspecified atom stereocenters. The standard InChI is InChI=1S/C20H17FN4O2S/c1-12-18(15-7-4-5-9-22-15)28-20(23-12)24-19(27)13-10-17(26)25(11-13)16-8-3-2-6-14(16)21/h2-9,13H,10-11H2,1H3,(H,23,24,27). The zero-order valence-electron chi connectivity index (χ0n) is 15.1. The van der Waals surface area contributed by atoms with E-state index < -0.39 is 11.7 Å². The van der Waals surface area contributed by atoms with Gasteiger partial charge in [-0.1, -0.05) is 29.5 Å². The van der Waals surface area contributed by atoms with Crippen molar-refractivity contribution in [1.82, 2.24) is 9.97 Å². The van der Waals surface area contributed by atoms with E-state index in [4.69, 9.17) is 0 Å². The summed E-state index contributed by atoms with van der Waals surface area (Å²) in [6.45, 7) is 2.00. The lowest BCUT2D eigenvalue weighted by Crippen LogP contribution is -2.28. The Morgan fingerprint density at radius 2 is 2.04 bits per heavy atom. The van der Waals surface area contributed by atoms with Gasteiger partial charge in [-0.2, -0.15) is 0 Å². The SMILES string of the molecule is Cc1nc(NC(=O)C2CC(=O)N(c3ccccc3F)C2)sc1-c1ccccn1. The fraction of sp³-hybridized carbons (Fsp3) is 0.200. The number of amides is 2. The van der Waals surface area contributed by atoms with Crippen LogP contribution in [0.25, 0.3) is 10.6 Å². The molecule has 0 spiro atoms. The molecule has 6 nitrogen and oxygen atoms in total. The fourth-order valence-corrected chi connectivity index (χ4v) is 4.12. The number of anilines is 2. The van der Waals surface area contributed by atoms with E-state index in [1.807, 2.05) is 25.1 Å². The van der Waals surface area contributed by atoms with Crippen LogP contribution in [0.2, 0.25) is 0 Å². The number of hydrogen-bond donors (Lipinski definition) is 1. The molecule has 0 aliphatic carbocycles. The molecule has 142 valence electrons. The number of hydrogen-bond acceptors (Lipinski definition) is 5. The molecule has 1 aromatic carbocycles. The molecular weight excluding hydrogens is 379 g/mol. The topological polar surface area (TPSA) is 75.2 Å². The van der Waals surface area contributed by atoms with Gasteiger partial charge < -0.3 is 10.2 Å². The van der Waals surface area contributed by atoms with Gasteiger partial charge in [0.25, 0.3) is 0 Å². The largest absolute Gasteiger partial charge is 0.309 e. The van der Waals surface area contributed by atoms with Gasteiger partial charge in [0.1, 0.15) is 5.82 Å². The molecule has 0 saturated carbocycles. The van der Waals surface area contributed by atoms with E-state index in [0.717, 1.165) is 16.3 Å². The molecule has 0 bridgehead atoms. The third-order valence-corrected chi connectivity index (χ3v) is 5.66. The first-order valence-corrected chi connectivity index (χ1v) is 9.59. The number of pyridine rings is 1. The van der Waals surface area contributed by atoms with Crippen molar-refractivity contribution in [1.29, 1.82) is 0 Å². The predicted octanol–water partition coefficient (Wildman–Crippen LogP) is 3.64. The molecule has 1 N–H and O–H groups in total. The van der Waals surface area contributed by atoms with Gasteiger partial charge >= 0.3 is 0 Å². The second-order valence-electron chi connectivity index (χ2n) is 6.49. The predicted molar refractivity (Wildman–Crippen MR) is 106 cm³/mol. The summed E-state index contributed by atoms with van der Waals surface area (Å²) in [6, 6.07) is 11.7. The van der Waals surface area contributed by atoms with Crippen molar-refractivity contribution in [2.24, 2.45) is 5.92 Å². The Balaban J connectivity index is 1.48. The molecule has 3 heterocycles. The minimum absolute atomic E-state index is 0.0393. The number of nitrogens with one attached hydrogen (secondary N) is 1. The van der Waals surface area contributed by atoms with E-state index in [1.165, 1.54) is 28.4 Å². The zero-order chi connectivity index (χ0) is 19.7. The Bertz CT molecular complexity index is 1040. The highest BCUT2D eigenvalue weighted by Gasteiger charge is 2.36. The maximum atomic E-state index is 14.0. The Hall–Kier alpha value is -3.13. The Labute approximate surface area is 165 Å². The van der Waals surface area contributed by atoms with Crippen LogP contribution < -0.4 is 10.2 Å². The number of halogens is 1. The minimum Gasteiger partial charge on any atom is -0.309 e. The highest BCUT2D eigenvalue weighted by atomic mass is 32.1. The molecule has 1 fully saturated rings. The number of carbonyl (C=O) groups excluding carboxylic acids is 2. The van der Waals surface area contributed by atoms with Gasteiger partial charge in [0.05, 0.1) is 27.9 Å². The van der Waals surface area contributed by atoms with E-state index in [-0.39, 0.29) is 30.5 Å². The van der Waals surface area contributed by atoms with Crippen LogP contribution in [0.5, 0.6) is 0 Å². The monoisotopic (exact) mass is 396 g/mol. The summed E-state index contributed by atoms with van der Waals surface area (Å²) in [7, 11) is 0. The number of benzene rings is 1. The lowest BCUT2D eigenvalue weighted by molar-refractivity contribution is -0.122. The number of aryl methyl sites for hydroxylation is 1. The van der Waals surface area contributed by atoms with Crippen LogP contribution in [-0.2, 0) is 9.59 Å². The van der Waals surface area contributed by atoms with Crippen molar-refractivity contribution in [3.8, 4) is 10.6 Å². The third-order valence-electron chi connectivity index (χ3n) is 4.56. The normalized spacial score (nSPS) is 16.4. The van der Waals surface area contributed by atoms with Gasteiger partial charge in [-0.25, -0.2) is 9.37 Å². The summed E-state index contributed by atoms with van der Waals surface area (Å²) in [5.74, 6) is -1.61. The first-order chi connectivity index (χ1) is 13.5.